The van der Waals surface area contributed by atoms with Gasteiger partial charge in [0.15, 0.2) is 5.13 Å². The van der Waals surface area contributed by atoms with Gasteiger partial charge in [0, 0.05) is 29.7 Å². The van der Waals surface area contributed by atoms with E-state index in [0.717, 1.165) is 62.0 Å². The van der Waals surface area contributed by atoms with Crippen molar-refractivity contribution in [2.24, 2.45) is 0 Å². The summed E-state index contributed by atoms with van der Waals surface area (Å²) in [6.45, 7) is 0. The molecule has 2 aromatic rings. The minimum atomic E-state index is -4.14. The molecule has 0 spiro atoms. The molecule has 2 aliphatic rings. The number of aliphatic hydroxyl groups excluding tert-OH is 1. The molecule has 3 N–H and O–H groups in total. The van der Waals surface area contributed by atoms with Crippen LogP contribution in [0.15, 0.2) is 28.6 Å². The monoisotopic (exact) mass is 488 g/mol. The van der Waals surface area contributed by atoms with Gasteiger partial charge in [0.2, 0.25) is 0 Å². The molecule has 4 rings (SSSR count). The minimum Gasteiger partial charge on any atom is -0.393 e. The molecule has 7 nitrogen and oxygen atoms in total. The van der Waals surface area contributed by atoms with Crippen molar-refractivity contribution in [2.45, 2.75) is 67.6 Å². The van der Waals surface area contributed by atoms with Crippen molar-refractivity contribution in [1.82, 2.24) is 9.88 Å². The van der Waals surface area contributed by atoms with Crippen molar-refractivity contribution >= 4 is 43.8 Å². The molecule has 2 saturated carbocycles. The highest BCUT2D eigenvalue weighted by atomic mass is 35.5. The second kappa shape index (κ2) is 9.19. The van der Waals surface area contributed by atoms with Gasteiger partial charge in [-0.05, 0) is 44.9 Å². The van der Waals surface area contributed by atoms with Gasteiger partial charge in [-0.3, -0.25) is 9.62 Å². The maximum Gasteiger partial charge on any atom is 0.266 e. The normalized spacial score (nSPS) is 26.5. The number of aliphatic hydroxyl groups is 1. The second-order valence-corrected chi connectivity index (χ2v) is 11.2. The highest BCUT2D eigenvalue weighted by molar-refractivity contribution is 7.93. The maximum absolute atomic E-state index is 14.8. The van der Waals surface area contributed by atoms with E-state index in [-0.39, 0.29) is 28.3 Å². The molecule has 1 aromatic carbocycles. The standard InChI is InChI=1S/C20H26ClFN4O3S2/c1-26(12-8-13(27)9-12)18-5-3-2-4-16(18)24-17-11-15(22)19(10-14(17)21)31(28,29)25-20-23-6-7-30-20/h6-7,10-13,16,18,24,27H,2-5,8-9H2,1H3,(H,23,25)/t12-,13+,16-,18-/m0/s1. The highest BCUT2D eigenvalue weighted by Gasteiger charge is 2.37. The first-order valence-electron chi connectivity index (χ1n) is 10.3. The van der Waals surface area contributed by atoms with Gasteiger partial charge in [-0.25, -0.2) is 17.8 Å². The van der Waals surface area contributed by atoms with Crippen molar-refractivity contribution in [3.63, 3.8) is 0 Å². The third kappa shape index (κ3) is 4.98. The van der Waals surface area contributed by atoms with Gasteiger partial charge in [-0.1, -0.05) is 24.4 Å². The zero-order valence-electron chi connectivity index (χ0n) is 17.1. The molecule has 0 radical (unpaired) electrons. The molecule has 2 fully saturated rings. The van der Waals surface area contributed by atoms with Crippen LogP contribution in [0.3, 0.4) is 0 Å². The van der Waals surface area contributed by atoms with Crippen LogP contribution in [-0.2, 0) is 10.0 Å². The zero-order chi connectivity index (χ0) is 22.2. The molecule has 11 heteroatoms. The summed E-state index contributed by atoms with van der Waals surface area (Å²) in [4.78, 5) is 5.66. The second-order valence-electron chi connectivity index (χ2n) is 8.25. The molecule has 0 amide bonds. The van der Waals surface area contributed by atoms with Crippen molar-refractivity contribution in [2.75, 3.05) is 17.1 Å². The first-order valence-corrected chi connectivity index (χ1v) is 13.1. The number of thiazole rings is 1. The maximum atomic E-state index is 14.8. The average molecular weight is 489 g/mol. The summed E-state index contributed by atoms with van der Waals surface area (Å²) in [7, 11) is -2.07. The topological polar surface area (TPSA) is 94.6 Å². The number of hydrogen-bond donors (Lipinski definition) is 3. The number of nitrogens with zero attached hydrogens (tertiary/aromatic N) is 2. The molecule has 31 heavy (non-hydrogen) atoms. The first-order chi connectivity index (χ1) is 14.7. The van der Waals surface area contributed by atoms with Gasteiger partial charge < -0.3 is 10.4 Å². The van der Waals surface area contributed by atoms with E-state index in [1.165, 1.54) is 6.20 Å². The van der Waals surface area contributed by atoms with Crippen LogP contribution in [0.5, 0.6) is 0 Å². The third-order valence-corrected chi connectivity index (χ3v) is 8.71. The number of halogens is 2. The molecule has 0 unspecified atom stereocenters. The number of rotatable bonds is 7. The van der Waals surface area contributed by atoms with E-state index < -0.39 is 20.7 Å². The quantitative estimate of drug-likeness (QED) is 0.547. The van der Waals surface area contributed by atoms with E-state index >= 15 is 0 Å². The van der Waals surface area contributed by atoms with Gasteiger partial charge in [0.05, 0.1) is 16.8 Å². The van der Waals surface area contributed by atoms with Crippen LogP contribution < -0.4 is 10.0 Å². The highest BCUT2D eigenvalue weighted by Crippen LogP contribution is 2.35. The fourth-order valence-corrected chi connectivity index (χ4v) is 6.58. The average Bonchev–Trinajstić information content (AvgIpc) is 3.20. The largest absolute Gasteiger partial charge is 0.393 e. The van der Waals surface area contributed by atoms with Crippen molar-refractivity contribution < 1.29 is 17.9 Å². The lowest BCUT2D eigenvalue weighted by molar-refractivity contribution is -0.0130. The molecule has 0 bridgehead atoms. The Kier molecular flexibility index (Phi) is 6.73. The van der Waals surface area contributed by atoms with Crippen molar-refractivity contribution in [3.8, 4) is 0 Å². The Morgan fingerprint density at radius 2 is 2.03 bits per heavy atom. The predicted molar refractivity (Wildman–Crippen MR) is 121 cm³/mol. The van der Waals surface area contributed by atoms with Gasteiger partial charge in [0.1, 0.15) is 10.7 Å². The summed E-state index contributed by atoms with van der Waals surface area (Å²) in [6.07, 6.45) is 6.86. The summed E-state index contributed by atoms with van der Waals surface area (Å²) < 4.78 is 42.2. The van der Waals surface area contributed by atoms with E-state index in [1.807, 2.05) is 0 Å². The van der Waals surface area contributed by atoms with E-state index in [4.69, 9.17) is 11.6 Å². The van der Waals surface area contributed by atoms with Gasteiger partial charge in [0.25, 0.3) is 10.0 Å². The van der Waals surface area contributed by atoms with E-state index in [2.05, 4.69) is 27.0 Å². The third-order valence-electron chi connectivity index (χ3n) is 6.22. The molecular weight excluding hydrogens is 463 g/mol. The van der Waals surface area contributed by atoms with E-state index in [9.17, 15) is 17.9 Å². The van der Waals surface area contributed by atoms with Gasteiger partial charge >= 0.3 is 0 Å². The molecule has 1 heterocycles. The molecule has 2 atom stereocenters. The van der Waals surface area contributed by atoms with E-state index in [1.54, 1.807) is 5.38 Å². The number of aromatic nitrogens is 1. The number of hydrogen-bond acceptors (Lipinski definition) is 7. The van der Waals surface area contributed by atoms with Gasteiger partial charge in [-0.15, -0.1) is 11.3 Å². The van der Waals surface area contributed by atoms with Crippen LogP contribution in [0.2, 0.25) is 5.02 Å². The predicted octanol–water partition coefficient (Wildman–Crippen LogP) is 3.91. The molecule has 2 aliphatic carbocycles. The Morgan fingerprint density at radius 1 is 1.29 bits per heavy atom. The summed E-state index contributed by atoms with van der Waals surface area (Å²) in [5.41, 5.74) is 0.381. The Balaban J connectivity index is 1.52. The first kappa shape index (κ1) is 22.7. The SMILES string of the molecule is CN([C@H]1C[C@@H](O)C1)[C@H]1CCCC[C@@H]1Nc1cc(F)c(S(=O)(=O)Nc2nccs2)cc1Cl. The summed E-state index contributed by atoms with van der Waals surface area (Å²) in [6, 6.07) is 2.93. The smallest absolute Gasteiger partial charge is 0.266 e. The number of benzene rings is 1. The Bertz CT molecular complexity index is 1020. The molecule has 1 aromatic heterocycles. The van der Waals surface area contributed by atoms with Crippen LogP contribution in [0.4, 0.5) is 15.2 Å². The zero-order valence-corrected chi connectivity index (χ0v) is 19.5. The number of anilines is 2. The summed E-state index contributed by atoms with van der Waals surface area (Å²) >= 11 is 7.48. The number of likely N-dealkylation sites (N-methyl/N-ethyl adjacent to an activating group) is 1. The van der Waals surface area contributed by atoms with Crippen LogP contribution in [0, 0.1) is 5.82 Å². The molecule has 170 valence electrons. The Labute approximate surface area is 190 Å². The fourth-order valence-electron chi connectivity index (χ4n) is 4.42. The summed E-state index contributed by atoms with van der Waals surface area (Å²) in [5, 5.41) is 14.9. The van der Waals surface area contributed by atoms with Crippen LogP contribution in [0.25, 0.3) is 0 Å². The molecule has 0 saturated heterocycles. The lowest BCUT2D eigenvalue weighted by atomic mass is 9.83. The van der Waals surface area contributed by atoms with E-state index in [0.29, 0.717) is 11.7 Å². The summed E-state index contributed by atoms with van der Waals surface area (Å²) in [5.74, 6) is -0.876. The minimum absolute atomic E-state index is 0.0595. The van der Waals surface area contributed by atoms with Crippen LogP contribution in [0.1, 0.15) is 38.5 Å². The van der Waals surface area contributed by atoms with Crippen LogP contribution >= 0.6 is 22.9 Å². The molecule has 0 aliphatic heterocycles. The van der Waals surface area contributed by atoms with Crippen molar-refractivity contribution in [1.29, 1.82) is 0 Å². The molecular formula is C20H26ClFN4O3S2. The number of sulfonamides is 1. The van der Waals surface area contributed by atoms with Crippen LogP contribution in [-0.4, -0.2) is 54.7 Å². The Morgan fingerprint density at radius 3 is 2.71 bits per heavy atom. The fraction of sp³-hybridized carbons (Fsp3) is 0.550. The number of nitrogens with one attached hydrogen (secondary N) is 2. The lowest BCUT2D eigenvalue weighted by Crippen LogP contribution is -2.55. The van der Waals surface area contributed by atoms with Crippen molar-refractivity contribution in [3.05, 3.63) is 34.5 Å². The Hall–Kier alpha value is -1.46. The van der Waals surface area contributed by atoms with Gasteiger partial charge in [-0.2, -0.15) is 0 Å². The lowest BCUT2D eigenvalue weighted by Gasteiger charge is -2.47.